The minimum Gasteiger partial charge on any atom is -0.508 e. The van der Waals surface area contributed by atoms with Gasteiger partial charge in [0.25, 0.3) is 0 Å². The molecule has 3 heteroatoms. The van der Waals surface area contributed by atoms with E-state index < -0.39 is 0 Å². The second kappa shape index (κ2) is 4.21. The van der Waals surface area contributed by atoms with Crippen LogP contribution in [0.15, 0.2) is 18.2 Å². The van der Waals surface area contributed by atoms with Gasteiger partial charge < -0.3 is 15.5 Å². The minimum atomic E-state index is 0.100. The van der Waals surface area contributed by atoms with Crippen LogP contribution in [0.1, 0.15) is 30.5 Å². The number of nitrogens with one attached hydrogen (secondary N) is 1. The third-order valence-electron chi connectivity index (χ3n) is 3.01. The summed E-state index contributed by atoms with van der Waals surface area (Å²) in [6.07, 6.45) is 1.91. The molecule has 0 heterocycles. The van der Waals surface area contributed by atoms with E-state index in [-0.39, 0.29) is 18.7 Å². The number of phenols is 1. The van der Waals surface area contributed by atoms with Gasteiger partial charge >= 0.3 is 0 Å². The van der Waals surface area contributed by atoms with E-state index >= 15 is 0 Å². The summed E-state index contributed by atoms with van der Waals surface area (Å²) in [4.78, 5) is 0. The average molecular weight is 207 g/mol. The Hall–Kier alpha value is -1.06. The number of fused-ring (bicyclic) bond motifs is 1. The van der Waals surface area contributed by atoms with Crippen molar-refractivity contribution in [1.82, 2.24) is 5.32 Å². The third kappa shape index (κ3) is 1.98. The number of rotatable bonds is 3. The molecule has 3 nitrogen and oxygen atoms in total. The van der Waals surface area contributed by atoms with Crippen molar-refractivity contribution < 1.29 is 10.2 Å². The molecule has 0 saturated heterocycles. The normalized spacial score (nSPS) is 21.3. The lowest BCUT2D eigenvalue weighted by Crippen LogP contribution is -2.32. The van der Waals surface area contributed by atoms with Crippen LogP contribution in [0.2, 0.25) is 0 Å². The maximum absolute atomic E-state index is 9.66. The highest BCUT2D eigenvalue weighted by Crippen LogP contribution is 2.36. The largest absolute Gasteiger partial charge is 0.508 e. The molecule has 0 fully saturated rings. The van der Waals surface area contributed by atoms with E-state index in [2.05, 4.69) is 5.32 Å². The predicted octanol–water partition coefficient (Wildman–Crippen LogP) is 1.35. The van der Waals surface area contributed by atoms with E-state index in [9.17, 15) is 5.11 Å². The maximum Gasteiger partial charge on any atom is 0.119 e. The minimum absolute atomic E-state index is 0.100. The topological polar surface area (TPSA) is 52.5 Å². The predicted molar refractivity (Wildman–Crippen MR) is 58.9 cm³/mol. The number of aliphatic hydroxyl groups excluding tert-OH is 1. The molecule has 82 valence electrons. The summed E-state index contributed by atoms with van der Waals surface area (Å²) in [5.41, 5.74) is 2.23. The monoisotopic (exact) mass is 207 g/mol. The quantitative estimate of drug-likeness (QED) is 0.701. The van der Waals surface area contributed by atoms with Gasteiger partial charge in [-0.05, 0) is 37.0 Å². The Kier molecular flexibility index (Phi) is 2.93. The van der Waals surface area contributed by atoms with Crippen molar-refractivity contribution >= 4 is 0 Å². The van der Waals surface area contributed by atoms with Crippen LogP contribution in [0.5, 0.6) is 5.75 Å². The molecule has 1 aromatic rings. The van der Waals surface area contributed by atoms with Crippen LogP contribution < -0.4 is 5.32 Å². The molecule has 0 saturated carbocycles. The highest BCUT2D eigenvalue weighted by atomic mass is 16.3. The van der Waals surface area contributed by atoms with Gasteiger partial charge in [-0.25, -0.2) is 0 Å². The summed E-state index contributed by atoms with van der Waals surface area (Å²) >= 11 is 0. The summed E-state index contributed by atoms with van der Waals surface area (Å²) in [5.74, 6) is 0.397. The zero-order valence-electron chi connectivity index (χ0n) is 8.90. The molecule has 3 N–H and O–H groups in total. The van der Waals surface area contributed by atoms with Gasteiger partial charge in [0.05, 0.1) is 6.61 Å². The third-order valence-corrected chi connectivity index (χ3v) is 3.01. The number of phenolic OH excluding ortho intramolecular Hbond substituents is 1. The fourth-order valence-corrected chi connectivity index (χ4v) is 2.20. The molecule has 0 amide bonds. The van der Waals surface area contributed by atoms with Crippen LogP contribution in [-0.4, -0.2) is 22.9 Å². The molecule has 0 aromatic heterocycles. The van der Waals surface area contributed by atoms with E-state index in [1.165, 1.54) is 5.56 Å². The Morgan fingerprint density at radius 3 is 3.07 bits per heavy atom. The Labute approximate surface area is 89.8 Å². The van der Waals surface area contributed by atoms with E-state index in [4.69, 9.17) is 5.11 Å². The van der Waals surface area contributed by atoms with Crippen molar-refractivity contribution in [2.45, 2.75) is 31.8 Å². The number of hydrogen-bond donors (Lipinski definition) is 3. The Bertz CT molecular complexity index is 351. The van der Waals surface area contributed by atoms with E-state index in [1.54, 1.807) is 6.07 Å². The van der Waals surface area contributed by atoms with Gasteiger partial charge in [0.15, 0.2) is 0 Å². The molecule has 0 bridgehead atoms. The van der Waals surface area contributed by atoms with Crippen LogP contribution in [0.4, 0.5) is 0 Å². The fourth-order valence-electron chi connectivity index (χ4n) is 2.20. The first-order valence-corrected chi connectivity index (χ1v) is 5.40. The smallest absolute Gasteiger partial charge is 0.119 e. The van der Waals surface area contributed by atoms with Gasteiger partial charge in [0.2, 0.25) is 0 Å². The van der Waals surface area contributed by atoms with Crippen molar-refractivity contribution in [2.24, 2.45) is 0 Å². The number of aliphatic hydroxyl groups is 1. The lowest BCUT2D eigenvalue weighted by Gasteiger charge is -2.18. The molecule has 1 aromatic carbocycles. The Balaban J connectivity index is 2.18. The van der Waals surface area contributed by atoms with Crippen molar-refractivity contribution in [3.63, 3.8) is 0 Å². The lowest BCUT2D eigenvalue weighted by molar-refractivity contribution is 0.240. The van der Waals surface area contributed by atoms with E-state index in [0.717, 1.165) is 18.4 Å². The van der Waals surface area contributed by atoms with E-state index in [0.29, 0.717) is 5.75 Å². The van der Waals surface area contributed by atoms with Gasteiger partial charge in [-0.3, -0.25) is 0 Å². The van der Waals surface area contributed by atoms with Gasteiger partial charge in [0.1, 0.15) is 5.75 Å². The zero-order valence-corrected chi connectivity index (χ0v) is 8.90. The van der Waals surface area contributed by atoms with Gasteiger partial charge in [0, 0.05) is 12.1 Å². The van der Waals surface area contributed by atoms with E-state index in [1.807, 2.05) is 19.1 Å². The molecule has 0 radical (unpaired) electrons. The summed E-state index contributed by atoms with van der Waals surface area (Å²) < 4.78 is 0. The summed E-state index contributed by atoms with van der Waals surface area (Å²) in [6.45, 7) is 2.10. The van der Waals surface area contributed by atoms with Crippen LogP contribution in [0.3, 0.4) is 0 Å². The zero-order chi connectivity index (χ0) is 10.8. The summed E-state index contributed by atoms with van der Waals surface area (Å²) in [5, 5.41) is 22.0. The molecular weight excluding hydrogens is 190 g/mol. The van der Waals surface area contributed by atoms with Crippen LogP contribution >= 0.6 is 0 Å². The first-order chi connectivity index (χ1) is 7.22. The van der Waals surface area contributed by atoms with Gasteiger partial charge in [-0.1, -0.05) is 12.1 Å². The van der Waals surface area contributed by atoms with Gasteiger partial charge in [-0.2, -0.15) is 0 Å². The average Bonchev–Trinajstić information content (AvgIpc) is 2.63. The number of benzene rings is 1. The second-order valence-electron chi connectivity index (χ2n) is 4.19. The van der Waals surface area contributed by atoms with Crippen LogP contribution in [-0.2, 0) is 6.42 Å². The first kappa shape index (κ1) is 10.5. The van der Waals surface area contributed by atoms with Crippen molar-refractivity contribution in [3.05, 3.63) is 29.3 Å². The van der Waals surface area contributed by atoms with Crippen molar-refractivity contribution in [1.29, 1.82) is 0 Å². The second-order valence-corrected chi connectivity index (χ2v) is 4.19. The molecule has 1 aliphatic rings. The standard InChI is InChI=1S/C12H17NO2/c1-8(7-14)13-11-6-5-10-9(11)3-2-4-12(10)15/h2-4,8,11,13-15H,5-7H2,1H3. The van der Waals surface area contributed by atoms with Crippen LogP contribution in [0, 0.1) is 0 Å². The molecule has 0 aliphatic heterocycles. The highest BCUT2D eigenvalue weighted by molar-refractivity contribution is 5.44. The highest BCUT2D eigenvalue weighted by Gasteiger charge is 2.25. The Morgan fingerprint density at radius 1 is 1.53 bits per heavy atom. The lowest BCUT2D eigenvalue weighted by atomic mass is 10.1. The SMILES string of the molecule is CC(CO)NC1CCc2c(O)cccc21. The van der Waals surface area contributed by atoms with Crippen molar-refractivity contribution in [3.8, 4) is 5.75 Å². The summed E-state index contributed by atoms with van der Waals surface area (Å²) in [6, 6.07) is 6.02. The molecule has 2 unspecified atom stereocenters. The van der Waals surface area contributed by atoms with Crippen molar-refractivity contribution in [2.75, 3.05) is 6.61 Å². The number of aromatic hydroxyl groups is 1. The fraction of sp³-hybridized carbons (Fsp3) is 0.500. The molecule has 0 spiro atoms. The number of hydrogen-bond acceptors (Lipinski definition) is 3. The molecule has 2 rings (SSSR count). The summed E-state index contributed by atoms with van der Waals surface area (Å²) in [7, 11) is 0. The maximum atomic E-state index is 9.66. The van der Waals surface area contributed by atoms with Crippen LogP contribution in [0.25, 0.3) is 0 Å². The molecule has 15 heavy (non-hydrogen) atoms. The first-order valence-electron chi connectivity index (χ1n) is 5.40. The molecule has 1 aliphatic carbocycles. The molecular formula is C12H17NO2. The molecule has 2 atom stereocenters. The Morgan fingerprint density at radius 2 is 2.33 bits per heavy atom. The van der Waals surface area contributed by atoms with Gasteiger partial charge in [-0.15, -0.1) is 0 Å².